The molecule has 0 spiro atoms. The van der Waals surface area contributed by atoms with E-state index in [1.54, 1.807) is 17.5 Å². The third-order valence-corrected chi connectivity index (χ3v) is 4.21. The summed E-state index contributed by atoms with van der Waals surface area (Å²) in [7, 11) is 1.32. The molecule has 0 aliphatic heterocycles. The van der Waals surface area contributed by atoms with Gasteiger partial charge in [-0.2, -0.15) is 0 Å². The molecule has 0 unspecified atom stereocenters. The number of methoxy groups -OCH3 is 1. The van der Waals surface area contributed by atoms with E-state index in [9.17, 15) is 9.59 Å². The number of benzene rings is 2. The number of rotatable bonds is 3. The highest BCUT2D eigenvalue weighted by molar-refractivity contribution is 7.12. The molecular weight excluding hydrogens is 298 g/mol. The molecule has 1 aromatic heterocycles. The van der Waals surface area contributed by atoms with Crippen LogP contribution in [0.5, 0.6) is 0 Å². The molecular formula is C17H13NO3S. The Kier molecular flexibility index (Phi) is 3.89. The van der Waals surface area contributed by atoms with Crippen molar-refractivity contribution < 1.29 is 14.3 Å². The summed E-state index contributed by atoms with van der Waals surface area (Å²) in [5.41, 5.74) is 1.04. The Morgan fingerprint density at radius 3 is 2.64 bits per heavy atom. The first-order chi connectivity index (χ1) is 10.7. The van der Waals surface area contributed by atoms with E-state index in [1.165, 1.54) is 18.4 Å². The average molecular weight is 311 g/mol. The van der Waals surface area contributed by atoms with Crippen molar-refractivity contribution in [3.8, 4) is 0 Å². The van der Waals surface area contributed by atoms with Gasteiger partial charge in [-0.05, 0) is 28.3 Å². The molecule has 3 aromatic rings. The molecule has 0 atom stereocenters. The number of esters is 1. The van der Waals surface area contributed by atoms with Crippen LogP contribution in [0.1, 0.15) is 20.0 Å². The van der Waals surface area contributed by atoms with Gasteiger partial charge < -0.3 is 10.1 Å². The maximum atomic E-state index is 12.5. The predicted molar refractivity (Wildman–Crippen MR) is 87.6 cm³/mol. The first-order valence-corrected chi connectivity index (χ1v) is 7.53. The summed E-state index contributed by atoms with van der Waals surface area (Å²) in [5, 5.41) is 6.39. The number of ether oxygens (including phenoxy) is 1. The minimum absolute atomic E-state index is 0.250. The summed E-state index contributed by atoms with van der Waals surface area (Å²) >= 11 is 1.23. The number of nitrogens with one attached hydrogen (secondary N) is 1. The molecule has 0 bridgehead atoms. The van der Waals surface area contributed by atoms with Crippen LogP contribution in [0.15, 0.2) is 53.9 Å². The molecule has 1 amide bonds. The summed E-state index contributed by atoms with van der Waals surface area (Å²) in [6.45, 7) is 0. The normalized spacial score (nSPS) is 10.4. The van der Waals surface area contributed by atoms with E-state index < -0.39 is 5.97 Å². The van der Waals surface area contributed by atoms with Crippen LogP contribution in [0.3, 0.4) is 0 Å². The van der Waals surface area contributed by atoms with Gasteiger partial charge >= 0.3 is 5.97 Å². The number of fused-ring (bicyclic) bond motifs is 1. The number of amides is 1. The molecule has 4 nitrogen and oxygen atoms in total. The first kappa shape index (κ1) is 14.3. The molecule has 3 rings (SSSR count). The molecule has 1 heterocycles. The SMILES string of the molecule is COC(=O)c1sccc1NC(=O)c1cccc2ccccc12. The molecule has 110 valence electrons. The van der Waals surface area contributed by atoms with Crippen molar-refractivity contribution in [2.24, 2.45) is 0 Å². The second-order valence-electron chi connectivity index (χ2n) is 4.64. The van der Waals surface area contributed by atoms with Crippen LogP contribution in [-0.4, -0.2) is 19.0 Å². The van der Waals surface area contributed by atoms with Crippen molar-refractivity contribution in [2.75, 3.05) is 12.4 Å². The van der Waals surface area contributed by atoms with Gasteiger partial charge in [-0.15, -0.1) is 11.3 Å². The number of anilines is 1. The standard InChI is InChI=1S/C17H13NO3S/c1-21-17(20)15-14(9-10-22-15)18-16(19)13-8-4-6-11-5-2-3-7-12(11)13/h2-10H,1H3,(H,18,19). The fourth-order valence-corrected chi connectivity index (χ4v) is 3.04. The molecule has 2 aromatic carbocycles. The van der Waals surface area contributed by atoms with Gasteiger partial charge in [0, 0.05) is 5.56 Å². The molecule has 5 heteroatoms. The number of thiophene rings is 1. The van der Waals surface area contributed by atoms with Gasteiger partial charge in [0.05, 0.1) is 12.8 Å². The summed E-state index contributed by atoms with van der Waals surface area (Å²) in [4.78, 5) is 24.6. The smallest absolute Gasteiger partial charge is 0.350 e. The van der Waals surface area contributed by atoms with Crippen molar-refractivity contribution in [1.82, 2.24) is 0 Å². The molecule has 0 fully saturated rings. The van der Waals surface area contributed by atoms with E-state index in [2.05, 4.69) is 5.32 Å². The third-order valence-electron chi connectivity index (χ3n) is 3.32. The molecule has 0 radical (unpaired) electrons. The van der Waals surface area contributed by atoms with Crippen LogP contribution in [0.4, 0.5) is 5.69 Å². The molecule has 0 saturated carbocycles. The van der Waals surface area contributed by atoms with Crippen molar-refractivity contribution >= 4 is 39.7 Å². The van der Waals surface area contributed by atoms with Gasteiger partial charge in [-0.3, -0.25) is 4.79 Å². The van der Waals surface area contributed by atoms with E-state index in [4.69, 9.17) is 4.74 Å². The highest BCUT2D eigenvalue weighted by Crippen LogP contribution is 2.25. The van der Waals surface area contributed by atoms with Gasteiger partial charge in [0.15, 0.2) is 0 Å². The number of carbonyl (C=O) groups is 2. The Balaban J connectivity index is 1.95. The summed E-state index contributed by atoms with van der Waals surface area (Å²) in [6, 6.07) is 14.9. The van der Waals surface area contributed by atoms with E-state index in [0.717, 1.165) is 10.8 Å². The molecule has 0 saturated heterocycles. The van der Waals surface area contributed by atoms with Crippen molar-refractivity contribution in [1.29, 1.82) is 0 Å². The first-order valence-electron chi connectivity index (χ1n) is 6.65. The Labute approximate surface area is 131 Å². The van der Waals surface area contributed by atoms with Gasteiger partial charge in [0.2, 0.25) is 0 Å². The Morgan fingerprint density at radius 2 is 1.82 bits per heavy atom. The van der Waals surface area contributed by atoms with Gasteiger partial charge in [0.1, 0.15) is 4.88 Å². The van der Waals surface area contributed by atoms with Crippen molar-refractivity contribution in [2.45, 2.75) is 0 Å². The zero-order chi connectivity index (χ0) is 15.5. The Bertz CT molecular complexity index is 848. The predicted octanol–water partition coefficient (Wildman–Crippen LogP) is 3.94. The second kappa shape index (κ2) is 5.99. The van der Waals surface area contributed by atoms with Gasteiger partial charge in [-0.25, -0.2) is 4.79 Å². The monoisotopic (exact) mass is 311 g/mol. The zero-order valence-corrected chi connectivity index (χ0v) is 12.6. The van der Waals surface area contributed by atoms with Crippen molar-refractivity contribution in [3.63, 3.8) is 0 Å². The minimum atomic E-state index is -0.455. The van der Waals surface area contributed by atoms with Crippen molar-refractivity contribution in [3.05, 3.63) is 64.4 Å². The van der Waals surface area contributed by atoms with Crippen LogP contribution in [0, 0.1) is 0 Å². The Morgan fingerprint density at radius 1 is 1.05 bits per heavy atom. The van der Waals surface area contributed by atoms with E-state index in [-0.39, 0.29) is 5.91 Å². The molecule has 1 N–H and O–H groups in total. The largest absolute Gasteiger partial charge is 0.465 e. The highest BCUT2D eigenvalue weighted by atomic mass is 32.1. The number of carbonyl (C=O) groups excluding carboxylic acids is 2. The minimum Gasteiger partial charge on any atom is -0.465 e. The molecule has 0 aliphatic rings. The fourth-order valence-electron chi connectivity index (χ4n) is 2.27. The lowest BCUT2D eigenvalue weighted by Crippen LogP contribution is -2.14. The van der Waals surface area contributed by atoms with Crippen LogP contribution >= 0.6 is 11.3 Å². The highest BCUT2D eigenvalue weighted by Gasteiger charge is 2.17. The van der Waals surface area contributed by atoms with Crippen LogP contribution in [-0.2, 0) is 4.74 Å². The third kappa shape index (κ3) is 2.58. The quantitative estimate of drug-likeness (QED) is 0.745. The lowest BCUT2D eigenvalue weighted by Gasteiger charge is -2.08. The zero-order valence-electron chi connectivity index (χ0n) is 11.8. The van der Waals surface area contributed by atoms with E-state index in [0.29, 0.717) is 16.1 Å². The Hall–Kier alpha value is -2.66. The van der Waals surface area contributed by atoms with Crippen LogP contribution in [0.25, 0.3) is 10.8 Å². The van der Waals surface area contributed by atoms with Gasteiger partial charge in [-0.1, -0.05) is 36.4 Å². The topological polar surface area (TPSA) is 55.4 Å². The maximum absolute atomic E-state index is 12.5. The van der Waals surface area contributed by atoms with Gasteiger partial charge in [0.25, 0.3) is 5.91 Å². The van der Waals surface area contributed by atoms with Crippen LogP contribution in [0.2, 0.25) is 0 Å². The fraction of sp³-hybridized carbons (Fsp3) is 0.0588. The summed E-state index contributed by atoms with van der Waals surface area (Å²) < 4.78 is 4.71. The lowest BCUT2D eigenvalue weighted by molar-refractivity contribution is 0.0607. The lowest BCUT2D eigenvalue weighted by atomic mass is 10.0. The van der Waals surface area contributed by atoms with E-state index >= 15 is 0 Å². The number of hydrogen-bond acceptors (Lipinski definition) is 4. The average Bonchev–Trinajstić information content (AvgIpc) is 3.01. The van der Waals surface area contributed by atoms with E-state index in [1.807, 2.05) is 36.4 Å². The summed E-state index contributed by atoms with van der Waals surface area (Å²) in [5.74, 6) is -0.705. The summed E-state index contributed by atoms with van der Waals surface area (Å²) in [6.07, 6.45) is 0. The maximum Gasteiger partial charge on any atom is 0.350 e. The second-order valence-corrected chi connectivity index (χ2v) is 5.55. The molecule has 0 aliphatic carbocycles. The van der Waals surface area contributed by atoms with Crippen LogP contribution < -0.4 is 5.32 Å². The molecule has 22 heavy (non-hydrogen) atoms. The number of hydrogen-bond donors (Lipinski definition) is 1.